The van der Waals surface area contributed by atoms with E-state index in [1.165, 1.54) is 44.6 Å². The second-order valence-corrected chi connectivity index (χ2v) is 4.92. The fourth-order valence-corrected chi connectivity index (χ4v) is 2.34. The molecule has 1 aliphatic rings. The molecule has 0 aromatic heterocycles. The molecule has 1 heterocycles. The Kier molecular flexibility index (Phi) is 7.32. The molecule has 0 amide bonds. The lowest BCUT2D eigenvalue weighted by molar-refractivity contribution is 0.0451. The third-order valence-corrected chi connectivity index (χ3v) is 3.50. The summed E-state index contributed by atoms with van der Waals surface area (Å²) >= 11 is 0. The number of phenols is 1. The molecule has 21 heavy (non-hydrogen) atoms. The minimum Gasteiger partial charge on any atom is -0.504 e. The Morgan fingerprint density at radius 3 is 2.67 bits per heavy atom. The van der Waals surface area contributed by atoms with Crippen LogP contribution in [0.15, 0.2) is 18.2 Å². The van der Waals surface area contributed by atoms with Crippen LogP contribution in [0.4, 0.5) is 0 Å². The average molecular weight is 316 g/mol. The number of ether oxygens (including phenoxy) is 2. The molecule has 1 saturated heterocycles. The molecular weight excluding hydrogens is 294 g/mol. The number of nitrogens with zero attached hydrogens (tertiary/aromatic N) is 1. The molecule has 0 saturated carbocycles. The van der Waals surface area contributed by atoms with E-state index >= 15 is 0 Å². The van der Waals surface area contributed by atoms with Gasteiger partial charge in [0.05, 0.1) is 12.7 Å². The Balaban J connectivity index is 0.00000220. The summed E-state index contributed by atoms with van der Waals surface area (Å²) in [6, 6.07) is 4.44. The van der Waals surface area contributed by atoms with E-state index in [9.17, 15) is 9.90 Å². The number of carbonyl (C=O) groups is 1. The van der Waals surface area contributed by atoms with Gasteiger partial charge in [0.25, 0.3) is 0 Å². The van der Waals surface area contributed by atoms with Gasteiger partial charge >= 0.3 is 5.97 Å². The van der Waals surface area contributed by atoms with E-state index in [0.29, 0.717) is 12.2 Å². The summed E-state index contributed by atoms with van der Waals surface area (Å²) in [5.74, 6) is -0.104. The molecule has 118 valence electrons. The quantitative estimate of drug-likeness (QED) is 0.846. The zero-order valence-electron chi connectivity index (χ0n) is 12.2. The molecular formula is C15H22ClNO4. The highest BCUT2D eigenvalue weighted by molar-refractivity contribution is 5.90. The largest absolute Gasteiger partial charge is 0.504 e. The van der Waals surface area contributed by atoms with Crippen LogP contribution in [0.1, 0.15) is 29.6 Å². The number of likely N-dealkylation sites (tertiary alicyclic amines) is 1. The number of piperidine rings is 1. The van der Waals surface area contributed by atoms with Gasteiger partial charge in [-0.2, -0.15) is 0 Å². The first-order valence-electron chi connectivity index (χ1n) is 6.97. The van der Waals surface area contributed by atoms with Crippen LogP contribution in [-0.2, 0) is 4.74 Å². The van der Waals surface area contributed by atoms with Crippen LogP contribution in [-0.4, -0.2) is 49.3 Å². The molecule has 5 nitrogen and oxygen atoms in total. The first kappa shape index (κ1) is 17.6. The molecule has 0 radical (unpaired) electrons. The lowest BCUT2D eigenvalue weighted by atomic mass is 10.1. The average Bonchev–Trinajstić information content (AvgIpc) is 2.48. The molecule has 1 fully saturated rings. The molecule has 1 aliphatic heterocycles. The van der Waals surface area contributed by atoms with Gasteiger partial charge in [-0.05, 0) is 44.1 Å². The summed E-state index contributed by atoms with van der Waals surface area (Å²) in [7, 11) is 1.44. The normalized spacial score (nSPS) is 15.1. The lowest BCUT2D eigenvalue weighted by Crippen LogP contribution is -2.33. The second kappa shape index (κ2) is 8.74. The predicted molar refractivity (Wildman–Crippen MR) is 82.5 cm³/mol. The number of carbonyl (C=O) groups excluding carboxylic acids is 1. The molecule has 1 N–H and O–H groups in total. The monoisotopic (exact) mass is 315 g/mol. The topological polar surface area (TPSA) is 59.0 Å². The van der Waals surface area contributed by atoms with E-state index in [-0.39, 0.29) is 29.9 Å². The zero-order chi connectivity index (χ0) is 14.4. The van der Waals surface area contributed by atoms with Crippen molar-refractivity contribution < 1.29 is 19.4 Å². The summed E-state index contributed by atoms with van der Waals surface area (Å²) in [4.78, 5) is 14.2. The van der Waals surface area contributed by atoms with Gasteiger partial charge in [-0.1, -0.05) is 6.42 Å². The maximum atomic E-state index is 11.9. The highest BCUT2D eigenvalue weighted by Gasteiger charge is 2.13. The Morgan fingerprint density at radius 2 is 2.00 bits per heavy atom. The number of esters is 1. The van der Waals surface area contributed by atoms with Gasteiger partial charge in [-0.25, -0.2) is 4.79 Å². The summed E-state index contributed by atoms with van der Waals surface area (Å²) in [6.07, 6.45) is 3.75. The van der Waals surface area contributed by atoms with E-state index in [1.807, 2.05) is 0 Å². The number of halogens is 1. The van der Waals surface area contributed by atoms with Crippen LogP contribution in [0.25, 0.3) is 0 Å². The summed E-state index contributed by atoms with van der Waals surface area (Å²) in [5.41, 5.74) is 0.387. The molecule has 0 aliphatic carbocycles. The molecule has 1 aromatic rings. The maximum Gasteiger partial charge on any atom is 0.338 e. The molecule has 0 bridgehead atoms. The minimum atomic E-state index is -0.389. The molecule has 0 unspecified atom stereocenters. The highest BCUT2D eigenvalue weighted by Crippen LogP contribution is 2.26. The molecule has 6 heteroatoms. The smallest absolute Gasteiger partial charge is 0.338 e. The van der Waals surface area contributed by atoms with Crippen LogP contribution in [0.3, 0.4) is 0 Å². The van der Waals surface area contributed by atoms with Gasteiger partial charge in [0, 0.05) is 6.54 Å². The van der Waals surface area contributed by atoms with Gasteiger partial charge in [0.15, 0.2) is 11.5 Å². The van der Waals surface area contributed by atoms with Gasteiger partial charge in [-0.15, -0.1) is 12.4 Å². The van der Waals surface area contributed by atoms with Gasteiger partial charge in [0.1, 0.15) is 6.61 Å². The number of hydrogen-bond acceptors (Lipinski definition) is 5. The first-order valence-corrected chi connectivity index (χ1v) is 6.97. The van der Waals surface area contributed by atoms with E-state index in [4.69, 9.17) is 9.47 Å². The van der Waals surface area contributed by atoms with Crippen molar-refractivity contribution in [3.8, 4) is 11.5 Å². The van der Waals surface area contributed by atoms with Crippen LogP contribution >= 0.6 is 12.4 Å². The third kappa shape index (κ3) is 5.10. The van der Waals surface area contributed by atoms with Crippen LogP contribution in [0.5, 0.6) is 11.5 Å². The summed E-state index contributed by atoms with van der Waals surface area (Å²) in [5, 5.41) is 9.48. The van der Waals surface area contributed by atoms with Gasteiger partial charge in [-0.3, -0.25) is 4.90 Å². The van der Waals surface area contributed by atoms with Crippen molar-refractivity contribution >= 4 is 18.4 Å². The van der Waals surface area contributed by atoms with E-state index < -0.39 is 0 Å². The summed E-state index contributed by atoms with van der Waals surface area (Å²) < 4.78 is 10.2. The number of aromatic hydroxyl groups is 1. The first-order chi connectivity index (χ1) is 9.70. The van der Waals surface area contributed by atoms with Crippen molar-refractivity contribution in [3.63, 3.8) is 0 Å². The van der Waals surface area contributed by atoms with Crippen molar-refractivity contribution in [1.82, 2.24) is 4.90 Å². The van der Waals surface area contributed by atoms with Gasteiger partial charge in [0.2, 0.25) is 0 Å². The fraction of sp³-hybridized carbons (Fsp3) is 0.533. The Morgan fingerprint density at radius 1 is 1.29 bits per heavy atom. The second-order valence-electron chi connectivity index (χ2n) is 4.92. The van der Waals surface area contributed by atoms with Gasteiger partial charge < -0.3 is 14.6 Å². The number of hydrogen-bond donors (Lipinski definition) is 1. The van der Waals surface area contributed by atoms with Crippen molar-refractivity contribution in [2.24, 2.45) is 0 Å². The Bertz CT molecular complexity index is 461. The van der Waals surface area contributed by atoms with Crippen LogP contribution in [0.2, 0.25) is 0 Å². The van der Waals surface area contributed by atoms with Crippen molar-refractivity contribution in [2.75, 3.05) is 33.4 Å². The fourth-order valence-electron chi connectivity index (χ4n) is 2.34. The summed E-state index contributed by atoms with van der Waals surface area (Å²) in [6.45, 7) is 3.35. The third-order valence-electron chi connectivity index (χ3n) is 3.50. The lowest BCUT2D eigenvalue weighted by Gasteiger charge is -2.25. The van der Waals surface area contributed by atoms with Crippen LogP contribution < -0.4 is 4.74 Å². The number of benzene rings is 1. The molecule has 0 spiro atoms. The molecule has 1 aromatic carbocycles. The number of methoxy groups -OCH3 is 1. The van der Waals surface area contributed by atoms with Crippen LogP contribution in [0, 0.1) is 0 Å². The Hall–Kier alpha value is -1.46. The van der Waals surface area contributed by atoms with E-state index in [0.717, 1.165) is 19.6 Å². The van der Waals surface area contributed by atoms with Crippen molar-refractivity contribution in [3.05, 3.63) is 23.8 Å². The highest BCUT2D eigenvalue weighted by atomic mass is 35.5. The predicted octanol–water partition coefficient (Wildman–Crippen LogP) is 2.47. The minimum absolute atomic E-state index is 0. The van der Waals surface area contributed by atoms with Crippen molar-refractivity contribution in [1.29, 1.82) is 0 Å². The Labute approximate surface area is 131 Å². The van der Waals surface area contributed by atoms with E-state index in [1.54, 1.807) is 0 Å². The SMILES string of the molecule is COc1cc(C(=O)OCCN2CCCCC2)ccc1O.Cl. The zero-order valence-corrected chi connectivity index (χ0v) is 13.0. The maximum absolute atomic E-state index is 11.9. The van der Waals surface area contributed by atoms with E-state index in [2.05, 4.69) is 4.90 Å². The number of phenolic OH excluding ortho intramolecular Hbond substituents is 1. The molecule has 2 rings (SSSR count). The number of rotatable bonds is 5. The van der Waals surface area contributed by atoms with Crippen molar-refractivity contribution in [2.45, 2.75) is 19.3 Å². The standard InChI is InChI=1S/C15H21NO4.ClH/c1-19-14-11-12(5-6-13(14)17)15(18)20-10-9-16-7-3-2-4-8-16;/h5-6,11,17H,2-4,7-10H2,1H3;1H. The molecule has 0 atom stereocenters.